The Morgan fingerprint density at radius 1 is 0.913 bits per heavy atom. The summed E-state index contributed by atoms with van der Waals surface area (Å²) in [5.74, 6) is 2.75. The Hall–Kier alpha value is -0.160. The van der Waals surface area contributed by atoms with E-state index in [1.165, 1.54) is 25.7 Å². The minimum Gasteiger partial charge on any atom is -0.379 e. The predicted octanol–water partition coefficient (Wildman–Crippen LogP) is 3.04. The standard InChI is InChI=1S/C19H32O4/c1-12-6-16-17(22-16)7-14(12)10-20-4-5-21-11-15-8-18-19(3,23-18)9-13(15)2/h12-18H,4-11H2,1-3H3. The van der Waals surface area contributed by atoms with Gasteiger partial charge in [-0.3, -0.25) is 0 Å². The van der Waals surface area contributed by atoms with E-state index in [2.05, 4.69) is 20.8 Å². The third kappa shape index (κ3) is 3.60. The number of hydrogen-bond donors (Lipinski definition) is 0. The molecule has 4 rings (SSSR count). The van der Waals surface area contributed by atoms with E-state index in [0.717, 1.165) is 32.3 Å². The molecule has 2 aliphatic heterocycles. The first-order valence-electron chi connectivity index (χ1n) is 9.54. The molecule has 0 N–H and O–H groups in total. The molecule has 0 aromatic rings. The van der Waals surface area contributed by atoms with E-state index in [1.807, 2.05) is 0 Å². The molecule has 132 valence electrons. The van der Waals surface area contributed by atoms with Gasteiger partial charge in [-0.05, 0) is 56.3 Å². The van der Waals surface area contributed by atoms with Crippen LogP contribution in [0.15, 0.2) is 0 Å². The lowest BCUT2D eigenvalue weighted by molar-refractivity contribution is 0.00141. The second-order valence-corrected chi connectivity index (χ2v) is 8.67. The monoisotopic (exact) mass is 324 g/mol. The van der Waals surface area contributed by atoms with Gasteiger partial charge in [-0.15, -0.1) is 0 Å². The summed E-state index contributed by atoms with van der Waals surface area (Å²) in [4.78, 5) is 0. The van der Waals surface area contributed by atoms with Crippen LogP contribution < -0.4 is 0 Å². The van der Waals surface area contributed by atoms with Crippen molar-refractivity contribution in [3.63, 3.8) is 0 Å². The first-order chi connectivity index (χ1) is 11.0. The van der Waals surface area contributed by atoms with Crippen LogP contribution >= 0.6 is 0 Å². The SMILES string of the molecule is CC1CC2OC2CC1COCCOCC1CC2OC2(C)CC1C. The van der Waals surface area contributed by atoms with E-state index in [4.69, 9.17) is 18.9 Å². The van der Waals surface area contributed by atoms with Gasteiger partial charge < -0.3 is 18.9 Å². The Balaban J connectivity index is 1.07. The van der Waals surface area contributed by atoms with Crippen molar-refractivity contribution in [1.82, 2.24) is 0 Å². The lowest BCUT2D eigenvalue weighted by Gasteiger charge is -2.29. The highest BCUT2D eigenvalue weighted by Crippen LogP contribution is 2.51. The molecule has 2 heterocycles. The van der Waals surface area contributed by atoms with Gasteiger partial charge >= 0.3 is 0 Å². The van der Waals surface area contributed by atoms with Gasteiger partial charge in [0.25, 0.3) is 0 Å². The summed E-state index contributed by atoms with van der Waals surface area (Å²) in [6.07, 6.45) is 6.36. The Morgan fingerprint density at radius 2 is 1.57 bits per heavy atom. The molecule has 2 saturated heterocycles. The lowest BCUT2D eigenvalue weighted by atomic mass is 9.76. The Labute approximate surface area is 140 Å². The summed E-state index contributed by atoms with van der Waals surface area (Å²) in [5, 5.41) is 0. The van der Waals surface area contributed by atoms with Crippen LogP contribution in [-0.2, 0) is 18.9 Å². The van der Waals surface area contributed by atoms with Crippen LogP contribution in [0.4, 0.5) is 0 Å². The van der Waals surface area contributed by atoms with Gasteiger partial charge in [-0.2, -0.15) is 0 Å². The summed E-state index contributed by atoms with van der Waals surface area (Å²) < 4.78 is 23.2. The number of hydrogen-bond acceptors (Lipinski definition) is 4. The van der Waals surface area contributed by atoms with E-state index in [1.54, 1.807) is 0 Å². The minimum absolute atomic E-state index is 0.194. The fraction of sp³-hybridized carbons (Fsp3) is 1.00. The van der Waals surface area contributed by atoms with Crippen LogP contribution in [0.1, 0.15) is 46.5 Å². The molecule has 0 amide bonds. The molecule has 8 atom stereocenters. The van der Waals surface area contributed by atoms with Crippen LogP contribution in [0.25, 0.3) is 0 Å². The van der Waals surface area contributed by atoms with Crippen molar-refractivity contribution in [2.75, 3.05) is 26.4 Å². The minimum atomic E-state index is 0.194. The Morgan fingerprint density at radius 3 is 2.30 bits per heavy atom. The van der Waals surface area contributed by atoms with Crippen molar-refractivity contribution in [3.05, 3.63) is 0 Å². The maximum Gasteiger partial charge on any atom is 0.0923 e. The molecule has 4 heteroatoms. The van der Waals surface area contributed by atoms with Crippen LogP contribution in [0.5, 0.6) is 0 Å². The highest BCUT2D eigenvalue weighted by Gasteiger charge is 2.57. The van der Waals surface area contributed by atoms with Gasteiger partial charge in [0.05, 0.1) is 37.1 Å². The quantitative estimate of drug-likeness (QED) is 0.533. The van der Waals surface area contributed by atoms with Crippen molar-refractivity contribution in [2.24, 2.45) is 23.7 Å². The molecule has 0 radical (unpaired) electrons. The summed E-state index contributed by atoms with van der Waals surface area (Å²) in [5.41, 5.74) is 0.194. The van der Waals surface area contributed by atoms with Crippen molar-refractivity contribution < 1.29 is 18.9 Å². The number of ether oxygens (including phenoxy) is 4. The molecule has 2 saturated carbocycles. The fourth-order valence-electron chi connectivity index (χ4n) is 4.82. The zero-order valence-corrected chi connectivity index (χ0v) is 14.8. The smallest absolute Gasteiger partial charge is 0.0923 e. The molecule has 0 aromatic carbocycles. The van der Waals surface area contributed by atoms with Crippen LogP contribution in [0.3, 0.4) is 0 Å². The van der Waals surface area contributed by atoms with Gasteiger partial charge in [0.15, 0.2) is 0 Å². The maximum absolute atomic E-state index is 5.88. The number of fused-ring (bicyclic) bond motifs is 2. The Bertz CT molecular complexity index is 428. The van der Waals surface area contributed by atoms with Crippen molar-refractivity contribution in [2.45, 2.75) is 70.4 Å². The molecular formula is C19H32O4. The normalized spacial score (nSPS) is 51.0. The van der Waals surface area contributed by atoms with Gasteiger partial charge in [0, 0.05) is 13.2 Å². The molecule has 2 aliphatic carbocycles. The van der Waals surface area contributed by atoms with E-state index < -0.39 is 0 Å². The first kappa shape index (κ1) is 16.3. The molecule has 23 heavy (non-hydrogen) atoms. The zero-order chi connectivity index (χ0) is 16.0. The summed E-state index contributed by atoms with van der Waals surface area (Å²) in [6, 6.07) is 0. The van der Waals surface area contributed by atoms with Gasteiger partial charge in [0.1, 0.15) is 0 Å². The summed E-state index contributed by atoms with van der Waals surface area (Å²) >= 11 is 0. The number of rotatable bonds is 7. The maximum atomic E-state index is 5.88. The van der Waals surface area contributed by atoms with Crippen molar-refractivity contribution in [3.8, 4) is 0 Å². The van der Waals surface area contributed by atoms with Crippen molar-refractivity contribution in [1.29, 1.82) is 0 Å². The molecule has 0 bridgehead atoms. The average Bonchev–Trinajstić information content (AvgIpc) is 3.38. The van der Waals surface area contributed by atoms with E-state index in [-0.39, 0.29) is 5.60 Å². The topological polar surface area (TPSA) is 43.5 Å². The molecule has 4 aliphatic rings. The highest BCUT2D eigenvalue weighted by atomic mass is 16.6. The third-order valence-corrected chi connectivity index (χ3v) is 6.75. The van der Waals surface area contributed by atoms with Gasteiger partial charge in [-0.1, -0.05) is 13.8 Å². The summed E-state index contributed by atoms with van der Waals surface area (Å²) in [7, 11) is 0. The average molecular weight is 324 g/mol. The van der Waals surface area contributed by atoms with Gasteiger partial charge in [0.2, 0.25) is 0 Å². The second kappa shape index (κ2) is 6.29. The van der Waals surface area contributed by atoms with E-state index >= 15 is 0 Å². The fourth-order valence-corrected chi connectivity index (χ4v) is 4.82. The van der Waals surface area contributed by atoms with Crippen LogP contribution in [-0.4, -0.2) is 50.3 Å². The predicted molar refractivity (Wildman–Crippen MR) is 87.4 cm³/mol. The third-order valence-electron chi connectivity index (χ3n) is 6.75. The molecule has 8 unspecified atom stereocenters. The molecule has 4 nitrogen and oxygen atoms in total. The lowest BCUT2D eigenvalue weighted by Crippen LogP contribution is -2.31. The van der Waals surface area contributed by atoms with Crippen LogP contribution in [0, 0.1) is 23.7 Å². The highest BCUT2D eigenvalue weighted by molar-refractivity contribution is 5.05. The first-order valence-corrected chi connectivity index (χ1v) is 9.54. The Kier molecular flexibility index (Phi) is 4.46. The molecule has 0 aromatic heterocycles. The summed E-state index contributed by atoms with van der Waals surface area (Å²) in [6.45, 7) is 10.1. The molecule has 0 spiro atoms. The van der Waals surface area contributed by atoms with Crippen LogP contribution in [0.2, 0.25) is 0 Å². The van der Waals surface area contributed by atoms with Gasteiger partial charge in [-0.25, -0.2) is 0 Å². The zero-order valence-electron chi connectivity index (χ0n) is 14.8. The van der Waals surface area contributed by atoms with E-state index in [0.29, 0.717) is 36.1 Å². The number of epoxide rings is 2. The molecular weight excluding hydrogens is 292 g/mol. The van der Waals surface area contributed by atoms with E-state index in [9.17, 15) is 0 Å². The largest absolute Gasteiger partial charge is 0.379 e. The second-order valence-electron chi connectivity index (χ2n) is 8.67. The van der Waals surface area contributed by atoms with Crippen molar-refractivity contribution >= 4 is 0 Å². The molecule has 4 fully saturated rings.